The molecule has 14 heteroatoms. The van der Waals surface area contributed by atoms with Crippen LogP contribution in [0.5, 0.6) is 28.7 Å². The number of aliphatic imine (C=N–C) groups is 2. The van der Waals surface area contributed by atoms with Crippen molar-refractivity contribution in [2.24, 2.45) is 9.98 Å². The lowest BCUT2D eigenvalue weighted by atomic mass is 10.3. The number of aromatic hydroxyl groups is 2. The minimum absolute atomic E-state index is 0.00757. The summed E-state index contributed by atoms with van der Waals surface area (Å²) < 4.78 is 70.1. The SMILES string of the molecule is O=S(=O)(c1ccc(O)cc1)c1ccc(OC2=NC(Oc3ccccc3)(Oc3ccc(S(=O)(=O)c4ccc(O)cc4)cc3)N=CN2)cc1. The van der Waals surface area contributed by atoms with Crippen molar-refractivity contribution in [1.29, 1.82) is 0 Å². The van der Waals surface area contributed by atoms with Crippen molar-refractivity contribution in [3.63, 3.8) is 0 Å². The summed E-state index contributed by atoms with van der Waals surface area (Å²) in [5.74, 6) is 0.636. The Labute approximate surface area is 269 Å². The second kappa shape index (κ2) is 12.5. The van der Waals surface area contributed by atoms with E-state index >= 15 is 0 Å². The molecule has 238 valence electrons. The Morgan fingerprint density at radius 1 is 0.532 bits per heavy atom. The second-order valence-corrected chi connectivity index (χ2v) is 13.8. The number of sulfone groups is 2. The molecule has 1 heterocycles. The van der Waals surface area contributed by atoms with Gasteiger partial charge in [0, 0.05) is 0 Å². The van der Waals surface area contributed by atoms with Gasteiger partial charge in [0.05, 0.1) is 19.6 Å². The summed E-state index contributed by atoms with van der Waals surface area (Å²) in [6.07, 6.45) is 1.25. The van der Waals surface area contributed by atoms with Gasteiger partial charge in [-0.3, -0.25) is 5.32 Å². The summed E-state index contributed by atoms with van der Waals surface area (Å²) >= 11 is 0. The van der Waals surface area contributed by atoms with Crippen LogP contribution in [0.3, 0.4) is 0 Å². The summed E-state index contributed by atoms with van der Waals surface area (Å²) in [4.78, 5) is 8.71. The summed E-state index contributed by atoms with van der Waals surface area (Å²) in [5.41, 5.74) is 0. The van der Waals surface area contributed by atoms with Gasteiger partial charge in [0.1, 0.15) is 35.1 Å². The van der Waals surface area contributed by atoms with E-state index in [-0.39, 0.29) is 48.6 Å². The molecule has 0 saturated carbocycles. The van der Waals surface area contributed by atoms with Crippen LogP contribution in [0.1, 0.15) is 0 Å². The summed E-state index contributed by atoms with van der Waals surface area (Å²) in [5, 5.41) is 21.8. The highest BCUT2D eigenvalue weighted by atomic mass is 32.2. The van der Waals surface area contributed by atoms with Crippen LogP contribution in [0.15, 0.2) is 157 Å². The van der Waals surface area contributed by atoms with Crippen molar-refractivity contribution in [3.05, 3.63) is 127 Å². The van der Waals surface area contributed by atoms with E-state index in [1.807, 2.05) is 0 Å². The molecule has 0 aromatic heterocycles. The van der Waals surface area contributed by atoms with E-state index in [1.54, 1.807) is 30.3 Å². The zero-order chi connectivity index (χ0) is 33.1. The fraction of sp³-hybridized carbons (Fsp3) is 0.0303. The van der Waals surface area contributed by atoms with E-state index in [0.29, 0.717) is 5.75 Å². The lowest BCUT2D eigenvalue weighted by Gasteiger charge is -2.29. The van der Waals surface area contributed by atoms with Crippen molar-refractivity contribution >= 4 is 32.0 Å². The lowest BCUT2D eigenvalue weighted by Crippen LogP contribution is -2.47. The van der Waals surface area contributed by atoms with Crippen LogP contribution in [0.25, 0.3) is 0 Å². The largest absolute Gasteiger partial charge is 0.508 e. The number of nitrogens with zero attached hydrogens (tertiary/aromatic N) is 2. The first kappa shape index (κ1) is 31.1. The Balaban J connectivity index is 1.25. The lowest BCUT2D eigenvalue weighted by molar-refractivity contribution is -0.100. The maximum Gasteiger partial charge on any atom is 0.477 e. The highest BCUT2D eigenvalue weighted by molar-refractivity contribution is 7.91. The van der Waals surface area contributed by atoms with Gasteiger partial charge in [-0.15, -0.1) is 4.99 Å². The van der Waals surface area contributed by atoms with E-state index < -0.39 is 25.7 Å². The van der Waals surface area contributed by atoms with Crippen LogP contribution < -0.4 is 19.5 Å². The van der Waals surface area contributed by atoms with Gasteiger partial charge in [0.25, 0.3) is 0 Å². The maximum absolute atomic E-state index is 13.1. The molecule has 1 unspecified atom stereocenters. The molecule has 3 N–H and O–H groups in total. The first-order valence-electron chi connectivity index (χ1n) is 13.8. The molecule has 12 nitrogen and oxygen atoms in total. The zero-order valence-electron chi connectivity index (χ0n) is 24.2. The minimum atomic E-state index is -3.88. The standard InChI is InChI=1S/C33H25N3O9S2/c37-23-6-14-28(15-7-23)46(39,40)30-18-10-25(11-19-30)43-32-34-22-35-33(36-32,44-26-4-2-1-3-5-26)45-27-12-20-31(21-13-27)47(41,42)29-16-8-24(38)9-17-29/h1-22,37-38H,(H,34,35,36). The second-order valence-electron chi connectivity index (χ2n) is 9.92. The molecule has 6 rings (SSSR count). The first-order chi connectivity index (χ1) is 22.5. The number of hydrogen-bond donors (Lipinski definition) is 3. The molecule has 5 aromatic rings. The molecule has 0 bridgehead atoms. The monoisotopic (exact) mass is 671 g/mol. The van der Waals surface area contributed by atoms with Gasteiger partial charge in [0.15, 0.2) is 0 Å². The van der Waals surface area contributed by atoms with Gasteiger partial charge in [-0.2, -0.15) is 4.99 Å². The summed E-state index contributed by atoms with van der Waals surface area (Å²) in [6, 6.07) is 28.0. The van der Waals surface area contributed by atoms with Crippen molar-refractivity contribution < 1.29 is 41.3 Å². The highest BCUT2D eigenvalue weighted by Gasteiger charge is 2.38. The minimum Gasteiger partial charge on any atom is -0.508 e. The van der Waals surface area contributed by atoms with Crippen molar-refractivity contribution in [1.82, 2.24) is 5.32 Å². The third-order valence-corrected chi connectivity index (χ3v) is 10.3. The molecule has 0 amide bonds. The van der Waals surface area contributed by atoms with Gasteiger partial charge >= 0.3 is 12.1 Å². The smallest absolute Gasteiger partial charge is 0.477 e. The van der Waals surface area contributed by atoms with Crippen molar-refractivity contribution in [2.45, 2.75) is 25.6 Å². The number of para-hydroxylation sites is 1. The molecule has 1 atom stereocenters. The van der Waals surface area contributed by atoms with Crippen LogP contribution >= 0.6 is 0 Å². The quantitative estimate of drug-likeness (QED) is 0.183. The topological polar surface area (TPSA) is 173 Å². The van der Waals surface area contributed by atoms with E-state index in [0.717, 1.165) is 0 Å². The molecule has 1 aliphatic heterocycles. The first-order valence-corrected chi connectivity index (χ1v) is 16.8. The molecule has 0 radical (unpaired) electrons. The molecule has 5 aromatic carbocycles. The van der Waals surface area contributed by atoms with E-state index in [1.165, 1.54) is 103 Å². The fourth-order valence-corrected chi connectivity index (χ4v) is 6.86. The van der Waals surface area contributed by atoms with Gasteiger partial charge in [0.2, 0.25) is 19.7 Å². The molecule has 0 fully saturated rings. The number of ether oxygens (including phenoxy) is 3. The third kappa shape index (κ3) is 6.88. The Hall–Kier alpha value is -5.86. The van der Waals surface area contributed by atoms with Gasteiger partial charge in [-0.1, -0.05) is 18.2 Å². The van der Waals surface area contributed by atoms with Crippen LogP contribution in [0.4, 0.5) is 0 Å². The predicted octanol–water partition coefficient (Wildman–Crippen LogP) is 4.90. The number of nitrogens with one attached hydrogen (secondary N) is 1. The number of benzene rings is 5. The van der Waals surface area contributed by atoms with Crippen molar-refractivity contribution in [3.8, 4) is 28.7 Å². The van der Waals surface area contributed by atoms with E-state index in [9.17, 15) is 27.0 Å². The maximum atomic E-state index is 13.1. The van der Waals surface area contributed by atoms with Crippen LogP contribution in [0.2, 0.25) is 0 Å². The number of rotatable bonds is 9. The number of phenols is 2. The Kier molecular flexibility index (Phi) is 8.28. The zero-order valence-corrected chi connectivity index (χ0v) is 25.8. The van der Waals surface area contributed by atoms with Gasteiger partial charge < -0.3 is 24.4 Å². The molecular weight excluding hydrogens is 647 g/mol. The fourth-order valence-electron chi connectivity index (χ4n) is 4.33. The van der Waals surface area contributed by atoms with Gasteiger partial charge in [-0.05, 0) is 109 Å². The Morgan fingerprint density at radius 3 is 1.40 bits per heavy atom. The molecule has 47 heavy (non-hydrogen) atoms. The predicted molar refractivity (Wildman–Crippen MR) is 170 cm³/mol. The number of hydrogen-bond acceptors (Lipinski definition) is 12. The average molecular weight is 672 g/mol. The van der Waals surface area contributed by atoms with Gasteiger partial charge in [-0.25, -0.2) is 16.8 Å². The third-order valence-electron chi connectivity index (χ3n) is 6.68. The average Bonchev–Trinajstić information content (AvgIpc) is 3.06. The normalized spacial score (nSPS) is 16.0. The van der Waals surface area contributed by atoms with Crippen LogP contribution in [-0.2, 0) is 19.7 Å². The van der Waals surface area contributed by atoms with Crippen molar-refractivity contribution in [2.75, 3.05) is 0 Å². The molecular formula is C33H25N3O9S2. The van der Waals surface area contributed by atoms with E-state index in [2.05, 4.69) is 15.3 Å². The Morgan fingerprint density at radius 2 is 0.936 bits per heavy atom. The molecule has 1 aliphatic rings. The number of phenolic OH excluding ortho intramolecular Hbond substituents is 2. The van der Waals surface area contributed by atoms with Crippen LogP contribution in [0, 0.1) is 0 Å². The Bertz CT molecular complexity index is 2160. The highest BCUT2D eigenvalue weighted by Crippen LogP contribution is 2.30. The summed E-state index contributed by atoms with van der Waals surface area (Å²) in [7, 11) is -7.72. The molecule has 0 aliphatic carbocycles. The molecule has 0 saturated heterocycles. The van der Waals surface area contributed by atoms with E-state index in [4.69, 9.17) is 14.2 Å². The van der Waals surface area contributed by atoms with Crippen LogP contribution in [-0.4, -0.2) is 45.4 Å². The molecule has 0 spiro atoms. The summed E-state index contributed by atoms with van der Waals surface area (Å²) in [6.45, 7) is 0. The number of amidine groups is 1.